The second kappa shape index (κ2) is 3.39. The van der Waals surface area contributed by atoms with Crippen LogP contribution in [0.3, 0.4) is 0 Å². The van der Waals surface area contributed by atoms with Gasteiger partial charge in [0.25, 0.3) is 0 Å². The molecule has 0 amide bonds. The number of nitrogens with zero attached hydrogens (tertiary/aromatic N) is 2. The summed E-state index contributed by atoms with van der Waals surface area (Å²) in [6.45, 7) is 1.91. The maximum absolute atomic E-state index is 5.34. The lowest BCUT2D eigenvalue weighted by Gasteiger charge is -1.98. The topological polar surface area (TPSA) is 17.8 Å². The molecule has 0 unspecified atom stereocenters. The first-order chi connectivity index (χ1) is 6.81. The van der Waals surface area contributed by atoms with Crippen LogP contribution in [-0.2, 0) is 0 Å². The average Bonchev–Trinajstić information content (AvgIpc) is 2.61. The Morgan fingerprint density at radius 2 is 2.00 bits per heavy atom. The zero-order valence-corrected chi connectivity index (χ0v) is 7.94. The molecule has 2 aromatic rings. The van der Waals surface area contributed by atoms with Crippen molar-refractivity contribution in [3.63, 3.8) is 0 Å². The summed E-state index contributed by atoms with van der Waals surface area (Å²) < 4.78 is 1.80. The second-order valence-corrected chi connectivity index (χ2v) is 3.05. The van der Waals surface area contributed by atoms with Gasteiger partial charge in [-0.1, -0.05) is 24.1 Å². The molecule has 0 saturated carbocycles. The van der Waals surface area contributed by atoms with E-state index in [4.69, 9.17) is 6.42 Å². The molecular formula is C12H10N2. The number of hydrogen-bond acceptors (Lipinski definition) is 1. The molecule has 2 nitrogen and oxygen atoms in total. The van der Waals surface area contributed by atoms with Gasteiger partial charge in [-0.05, 0) is 19.1 Å². The van der Waals surface area contributed by atoms with Crippen LogP contribution in [0.2, 0.25) is 0 Å². The lowest BCUT2D eigenvalue weighted by molar-refractivity contribution is 0.863. The van der Waals surface area contributed by atoms with Crippen molar-refractivity contribution in [3.8, 4) is 18.0 Å². The van der Waals surface area contributed by atoms with E-state index in [1.807, 2.05) is 43.5 Å². The zero-order valence-electron chi connectivity index (χ0n) is 7.94. The van der Waals surface area contributed by atoms with Crippen molar-refractivity contribution in [1.82, 2.24) is 9.78 Å². The quantitative estimate of drug-likeness (QED) is 0.618. The van der Waals surface area contributed by atoms with E-state index in [1.165, 1.54) is 0 Å². The number of aryl methyl sites for hydroxylation is 1. The third-order valence-electron chi connectivity index (χ3n) is 2.08. The van der Waals surface area contributed by atoms with Crippen molar-refractivity contribution in [1.29, 1.82) is 0 Å². The zero-order chi connectivity index (χ0) is 9.97. The van der Waals surface area contributed by atoms with E-state index in [0.717, 1.165) is 16.9 Å². The smallest absolute Gasteiger partial charge is 0.0754 e. The number of aromatic nitrogens is 2. The van der Waals surface area contributed by atoms with Crippen LogP contribution in [0.15, 0.2) is 36.5 Å². The highest BCUT2D eigenvalue weighted by atomic mass is 15.3. The largest absolute Gasteiger partial charge is 0.239 e. The van der Waals surface area contributed by atoms with Crippen LogP contribution in [0, 0.1) is 19.3 Å². The molecule has 0 saturated heterocycles. The van der Waals surface area contributed by atoms with Crippen molar-refractivity contribution in [2.24, 2.45) is 0 Å². The predicted molar refractivity (Wildman–Crippen MR) is 56.2 cm³/mol. The van der Waals surface area contributed by atoms with E-state index >= 15 is 0 Å². The Morgan fingerprint density at radius 3 is 2.57 bits per heavy atom. The van der Waals surface area contributed by atoms with Gasteiger partial charge in [0, 0.05) is 6.20 Å². The Bertz CT molecular complexity index is 475. The molecule has 68 valence electrons. The highest BCUT2D eigenvalue weighted by Crippen LogP contribution is 2.10. The monoisotopic (exact) mass is 182 g/mol. The molecule has 0 radical (unpaired) electrons. The van der Waals surface area contributed by atoms with Crippen LogP contribution in [0.1, 0.15) is 11.3 Å². The maximum atomic E-state index is 5.34. The summed E-state index contributed by atoms with van der Waals surface area (Å²) in [5, 5.41) is 4.33. The van der Waals surface area contributed by atoms with E-state index in [0.29, 0.717) is 0 Å². The molecular weight excluding hydrogens is 172 g/mol. The van der Waals surface area contributed by atoms with Crippen LogP contribution in [0.25, 0.3) is 5.69 Å². The van der Waals surface area contributed by atoms with E-state index in [2.05, 4.69) is 11.0 Å². The van der Waals surface area contributed by atoms with E-state index in [9.17, 15) is 0 Å². The minimum absolute atomic E-state index is 0.842. The summed E-state index contributed by atoms with van der Waals surface area (Å²) in [7, 11) is 0. The SMILES string of the molecule is C#Cc1cn(-c2ccccc2)nc1C. The maximum Gasteiger partial charge on any atom is 0.0754 e. The van der Waals surface area contributed by atoms with Crippen molar-refractivity contribution < 1.29 is 0 Å². The molecule has 0 aliphatic carbocycles. The average molecular weight is 182 g/mol. The van der Waals surface area contributed by atoms with Gasteiger partial charge in [-0.2, -0.15) is 5.10 Å². The Labute approximate surface area is 83.2 Å². The molecule has 1 aromatic carbocycles. The van der Waals surface area contributed by atoms with E-state index in [-0.39, 0.29) is 0 Å². The molecule has 2 rings (SSSR count). The van der Waals surface area contributed by atoms with Crippen molar-refractivity contribution in [3.05, 3.63) is 47.8 Å². The Hall–Kier alpha value is -2.01. The van der Waals surface area contributed by atoms with Gasteiger partial charge in [-0.15, -0.1) is 6.42 Å². The first kappa shape index (κ1) is 8.58. The van der Waals surface area contributed by atoms with Crippen LogP contribution in [0.4, 0.5) is 0 Å². The van der Waals surface area contributed by atoms with Crippen LogP contribution in [0.5, 0.6) is 0 Å². The molecule has 0 aliphatic heterocycles. The van der Waals surface area contributed by atoms with Gasteiger partial charge in [0.2, 0.25) is 0 Å². The van der Waals surface area contributed by atoms with Gasteiger partial charge >= 0.3 is 0 Å². The fraction of sp³-hybridized carbons (Fsp3) is 0.0833. The molecule has 0 fully saturated rings. The molecule has 0 spiro atoms. The van der Waals surface area contributed by atoms with Gasteiger partial charge in [-0.25, -0.2) is 4.68 Å². The van der Waals surface area contributed by atoms with Gasteiger partial charge in [-0.3, -0.25) is 0 Å². The van der Waals surface area contributed by atoms with E-state index < -0.39 is 0 Å². The van der Waals surface area contributed by atoms with Gasteiger partial charge in [0.15, 0.2) is 0 Å². The fourth-order valence-corrected chi connectivity index (χ4v) is 1.31. The molecule has 1 aromatic heterocycles. The van der Waals surface area contributed by atoms with Crippen LogP contribution >= 0.6 is 0 Å². The van der Waals surface area contributed by atoms with E-state index in [1.54, 1.807) is 4.68 Å². The van der Waals surface area contributed by atoms with Crippen LogP contribution < -0.4 is 0 Å². The first-order valence-electron chi connectivity index (χ1n) is 4.39. The minimum Gasteiger partial charge on any atom is -0.239 e. The molecule has 0 N–H and O–H groups in total. The number of terminal acetylenes is 1. The summed E-state index contributed by atoms with van der Waals surface area (Å²) in [4.78, 5) is 0. The van der Waals surface area contributed by atoms with Gasteiger partial charge < -0.3 is 0 Å². The normalized spacial score (nSPS) is 9.71. The van der Waals surface area contributed by atoms with Crippen molar-refractivity contribution >= 4 is 0 Å². The Morgan fingerprint density at radius 1 is 1.29 bits per heavy atom. The second-order valence-electron chi connectivity index (χ2n) is 3.05. The van der Waals surface area contributed by atoms with Gasteiger partial charge in [0.1, 0.15) is 0 Å². The lowest BCUT2D eigenvalue weighted by Crippen LogP contribution is -1.93. The molecule has 1 heterocycles. The summed E-state index contributed by atoms with van der Waals surface area (Å²) in [5.41, 5.74) is 2.75. The predicted octanol–water partition coefficient (Wildman–Crippen LogP) is 2.16. The summed E-state index contributed by atoms with van der Waals surface area (Å²) >= 11 is 0. The first-order valence-corrected chi connectivity index (χ1v) is 4.39. The standard InChI is InChI=1S/C12H10N2/c1-3-11-9-14(13-10(11)2)12-7-5-4-6-8-12/h1,4-9H,2H3. The van der Waals surface area contributed by atoms with Gasteiger partial charge in [0.05, 0.1) is 16.9 Å². The minimum atomic E-state index is 0.842. The highest BCUT2D eigenvalue weighted by molar-refractivity contribution is 5.38. The molecule has 0 atom stereocenters. The molecule has 0 bridgehead atoms. The Kier molecular flexibility index (Phi) is 2.08. The number of benzene rings is 1. The van der Waals surface area contributed by atoms with Crippen LogP contribution in [-0.4, -0.2) is 9.78 Å². The third-order valence-corrected chi connectivity index (χ3v) is 2.08. The van der Waals surface area contributed by atoms with Crippen molar-refractivity contribution in [2.75, 3.05) is 0 Å². The lowest BCUT2D eigenvalue weighted by atomic mass is 10.3. The molecule has 0 aliphatic rings. The highest BCUT2D eigenvalue weighted by Gasteiger charge is 2.02. The fourth-order valence-electron chi connectivity index (χ4n) is 1.31. The van der Waals surface area contributed by atoms with Crippen molar-refractivity contribution in [2.45, 2.75) is 6.92 Å². The number of rotatable bonds is 1. The molecule has 14 heavy (non-hydrogen) atoms. The third kappa shape index (κ3) is 1.40. The number of para-hydroxylation sites is 1. The summed E-state index contributed by atoms with van der Waals surface area (Å²) in [6.07, 6.45) is 7.20. The molecule has 2 heteroatoms. The summed E-state index contributed by atoms with van der Waals surface area (Å²) in [5.74, 6) is 2.60. The Balaban J connectivity index is 2.50. The number of hydrogen-bond donors (Lipinski definition) is 0. The summed E-state index contributed by atoms with van der Waals surface area (Å²) in [6, 6.07) is 9.91.